The maximum Gasteiger partial charge on any atom is 0.287 e. The minimum Gasteiger partial charge on any atom is -0.439 e. The first-order valence-electron chi connectivity index (χ1n) is 9.49. The van der Waals surface area contributed by atoms with Crippen LogP contribution in [0, 0.1) is 11.6 Å². The highest BCUT2D eigenvalue weighted by Gasteiger charge is 2.22. The molecule has 1 aromatic carbocycles. The van der Waals surface area contributed by atoms with E-state index in [9.17, 15) is 13.6 Å². The zero-order chi connectivity index (χ0) is 22.9. The lowest BCUT2D eigenvalue weighted by Crippen LogP contribution is -2.41. The van der Waals surface area contributed by atoms with Crippen LogP contribution in [0.4, 0.5) is 8.78 Å². The quantitative estimate of drug-likeness (QED) is 0.579. The van der Waals surface area contributed by atoms with Crippen LogP contribution in [-0.4, -0.2) is 28.3 Å². The summed E-state index contributed by atoms with van der Waals surface area (Å²) in [6.07, 6.45) is 1.27. The number of nitrogens with one attached hydrogen (secondary N) is 1. The topological polar surface area (TPSA) is 86.1 Å². The second-order valence-corrected chi connectivity index (χ2v) is 6.66. The van der Waals surface area contributed by atoms with Crippen molar-refractivity contribution in [1.82, 2.24) is 15.1 Å². The number of benzene rings is 1. The van der Waals surface area contributed by atoms with E-state index >= 15 is 0 Å². The fourth-order valence-electron chi connectivity index (χ4n) is 2.61. The SMILES string of the molecule is [2H][13C]([2H])([2H])n1n[13cH][13c](Cl)[13c]1-c1cc(C(=O)N[C@H](CN)Cc2ccc(F)c(F)c2)oc1Cl. The molecule has 0 aliphatic carbocycles. The summed E-state index contributed by atoms with van der Waals surface area (Å²) >= 11 is 12.1. The largest absolute Gasteiger partial charge is 0.439 e. The second kappa shape index (κ2) is 8.30. The second-order valence-electron chi connectivity index (χ2n) is 5.91. The van der Waals surface area contributed by atoms with Gasteiger partial charge < -0.3 is 15.5 Å². The highest BCUT2D eigenvalue weighted by atomic mass is 35.5. The van der Waals surface area contributed by atoms with Gasteiger partial charge in [-0.05, 0) is 35.7 Å². The van der Waals surface area contributed by atoms with Crippen LogP contribution in [0.3, 0.4) is 0 Å². The van der Waals surface area contributed by atoms with Crippen LogP contribution in [-0.2, 0) is 13.4 Å². The number of amides is 1. The Balaban J connectivity index is 1.82. The lowest BCUT2D eigenvalue weighted by molar-refractivity contribution is 0.0910. The number of furan rings is 1. The van der Waals surface area contributed by atoms with Gasteiger partial charge in [-0.25, -0.2) is 8.78 Å². The molecule has 1 amide bonds. The van der Waals surface area contributed by atoms with Crippen LogP contribution in [0.2, 0.25) is 10.2 Å². The molecule has 0 spiro atoms. The number of aromatic nitrogens is 2. The number of carbonyl (C=O) groups excluding carboxylic acids is 1. The maximum atomic E-state index is 13.4. The first-order chi connectivity index (χ1) is 14.5. The Labute approximate surface area is 173 Å². The molecule has 0 radical (unpaired) electrons. The van der Waals surface area contributed by atoms with Gasteiger partial charge in [-0.3, -0.25) is 9.48 Å². The lowest BCUT2D eigenvalue weighted by atomic mass is 10.1. The molecular weight excluding hydrogens is 417 g/mol. The number of carbonyl (C=O) groups is 1. The van der Waals surface area contributed by atoms with Crippen molar-refractivity contribution in [3.8, 4) is 11.3 Å². The first kappa shape index (κ1) is 16.5. The molecule has 0 saturated carbocycles. The van der Waals surface area contributed by atoms with E-state index in [1.807, 2.05) is 0 Å². The standard InChI is InChI=1S/C18H16Cl2F2N4O2/c1-26-16(12(19)8-24-26)11-6-15(28-17(11)20)18(27)25-10(7-23)4-9-2-3-13(21)14(22)5-9/h2-3,5-6,8,10H,4,7,23H2,1H3,(H,25,27)/t10-/m0/s1/i1+1D3,8+1,12+1,16+1. The van der Waals surface area contributed by atoms with Crippen molar-refractivity contribution in [2.75, 3.05) is 6.54 Å². The Kier molecular flexibility index (Phi) is 4.90. The molecule has 10 heteroatoms. The van der Waals surface area contributed by atoms with Crippen molar-refractivity contribution >= 4 is 29.1 Å². The molecule has 0 saturated heterocycles. The number of rotatable bonds is 6. The van der Waals surface area contributed by atoms with E-state index in [4.69, 9.17) is 37.5 Å². The summed E-state index contributed by atoms with van der Waals surface area (Å²) in [5, 5.41) is 6.08. The molecule has 0 fully saturated rings. The highest BCUT2D eigenvalue weighted by molar-refractivity contribution is 6.35. The van der Waals surface area contributed by atoms with Gasteiger partial charge in [0, 0.05) is 29.7 Å². The van der Waals surface area contributed by atoms with Gasteiger partial charge in [-0.1, -0.05) is 17.7 Å². The van der Waals surface area contributed by atoms with E-state index in [1.165, 1.54) is 12.1 Å². The molecular formula is C18H16Cl2F2N4O2. The zero-order valence-electron chi connectivity index (χ0n) is 17.2. The number of halogens is 4. The van der Waals surface area contributed by atoms with Crippen molar-refractivity contribution in [3.05, 3.63) is 63.7 Å². The summed E-state index contributed by atoms with van der Waals surface area (Å²) < 4.78 is 55.1. The van der Waals surface area contributed by atoms with Crippen molar-refractivity contribution in [1.29, 1.82) is 0 Å². The van der Waals surface area contributed by atoms with E-state index in [1.54, 1.807) is 0 Å². The van der Waals surface area contributed by atoms with Crippen LogP contribution < -0.4 is 11.1 Å². The summed E-state index contributed by atoms with van der Waals surface area (Å²) in [5.41, 5.74) is 6.15. The van der Waals surface area contributed by atoms with Crippen molar-refractivity contribution in [2.24, 2.45) is 12.7 Å². The Morgan fingerprint density at radius 3 is 2.86 bits per heavy atom. The first-order valence-corrected chi connectivity index (χ1v) is 8.75. The Bertz CT molecular complexity index is 1120. The van der Waals surface area contributed by atoms with Crippen LogP contribution in [0.1, 0.15) is 20.2 Å². The average molecular weight is 436 g/mol. The molecule has 2 aromatic heterocycles. The van der Waals surface area contributed by atoms with E-state index in [0.29, 0.717) is 10.2 Å². The highest BCUT2D eigenvalue weighted by Crippen LogP contribution is 2.35. The van der Waals surface area contributed by atoms with Crippen LogP contribution in [0.5, 0.6) is 0 Å². The minimum atomic E-state index is -2.64. The number of nitrogens with two attached hydrogens (primary N) is 1. The van der Waals surface area contributed by atoms with E-state index in [-0.39, 0.29) is 40.2 Å². The monoisotopic (exact) mass is 435 g/mol. The molecule has 0 bridgehead atoms. The third-order valence-corrected chi connectivity index (χ3v) is 4.53. The van der Waals surface area contributed by atoms with E-state index in [0.717, 1.165) is 18.3 Å². The number of hydrogen-bond acceptors (Lipinski definition) is 4. The van der Waals surface area contributed by atoms with Crippen LogP contribution in [0.15, 0.2) is 34.9 Å². The summed E-state index contributed by atoms with van der Waals surface area (Å²) in [5.74, 6) is -2.91. The molecule has 0 aliphatic rings. The predicted octanol–water partition coefficient (Wildman–Crippen LogP) is 3.56. The Morgan fingerprint density at radius 2 is 2.18 bits per heavy atom. The number of hydrogen-bond donors (Lipinski definition) is 2. The third kappa shape index (κ3) is 4.19. The minimum absolute atomic E-state index is 0.00365. The summed E-state index contributed by atoms with van der Waals surface area (Å²) in [6.45, 7) is -2.63. The normalized spacial score (nSPS) is 14.2. The van der Waals surface area contributed by atoms with Crippen molar-refractivity contribution in [3.63, 3.8) is 0 Å². The molecule has 2 heterocycles. The average Bonchev–Trinajstić information content (AvgIpc) is 3.26. The van der Waals surface area contributed by atoms with Gasteiger partial charge >= 0.3 is 0 Å². The fourth-order valence-corrected chi connectivity index (χ4v) is 3.07. The molecule has 0 aliphatic heterocycles. The molecule has 3 rings (SSSR count). The van der Waals surface area contributed by atoms with Gasteiger partial charge in [0.2, 0.25) is 5.22 Å². The molecule has 3 N–H and O–H groups in total. The van der Waals surface area contributed by atoms with Crippen molar-refractivity contribution < 1.29 is 22.1 Å². The van der Waals surface area contributed by atoms with Gasteiger partial charge in [0.05, 0.1) is 22.5 Å². The van der Waals surface area contributed by atoms with Gasteiger partial charge in [-0.2, -0.15) is 5.10 Å². The van der Waals surface area contributed by atoms with Gasteiger partial charge in [0.1, 0.15) is 0 Å². The molecule has 1 atom stereocenters. The predicted molar refractivity (Wildman–Crippen MR) is 101 cm³/mol. The molecule has 148 valence electrons. The van der Waals surface area contributed by atoms with Crippen LogP contribution in [0.25, 0.3) is 11.3 Å². The third-order valence-electron chi connectivity index (χ3n) is 3.98. The Hall–Kier alpha value is -2.42. The maximum absolute atomic E-state index is 13.4. The Morgan fingerprint density at radius 1 is 1.39 bits per heavy atom. The van der Waals surface area contributed by atoms with E-state index < -0.39 is 30.6 Å². The lowest BCUT2D eigenvalue weighted by Gasteiger charge is -2.16. The van der Waals surface area contributed by atoms with Crippen molar-refractivity contribution in [2.45, 2.75) is 12.5 Å². The molecule has 28 heavy (non-hydrogen) atoms. The molecule has 0 unspecified atom stereocenters. The smallest absolute Gasteiger partial charge is 0.287 e. The summed E-state index contributed by atoms with van der Waals surface area (Å²) in [4.78, 5) is 12.6. The number of nitrogens with zero attached hydrogens (tertiary/aromatic N) is 2. The van der Waals surface area contributed by atoms with E-state index in [2.05, 4.69) is 10.4 Å². The fraction of sp³-hybridized carbons (Fsp3) is 0.222. The van der Waals surface area contributed by atoms with Gasteiger partial charge in [0.15, 0.2) is 17.4 Å². The number of aryl methyl sites for hydroxylation is 1. The zero-order valence-corrected chi connectivity index (χ0v) is 15.7. The molecule has 3 aromatic rings. The molecule has 6 nitrogen and oxygen atoms in total. The van der Waals surface area contributed by atoms with Crippen LogP contribution >= 0.6 is 23.2 Å². The summed E-state index contributed by atoms with van der Waals surface area (Å²) in [6, 6.07) is 3.99. The van der Waals surface area contributed by atoms with Gasteiger partial charge in [-0.15, -0.1) is 0 Å². The van der Waals surface area contributed by atoms with Gasteiger partial charge in [0.25, 0.3) is 5.91 Å². The summed E-state index contributed by atoms with van der Waals surface area (Å²) in [7, 11) is 0.